The Morgan fingerprint density at radius 1 is 1.36 bits per heavy atom. The lowest BCUT2D eigenvalue weighted by molar-refractivity contribution is -0.142. The summed E-state index contributed by atoms with van der Waals surface area (Å²) < 4.78 is 15.7. The van der Waals surface area contributed by atoms with Crippen LogP contribution in [0, 0.1) is 5.92 Å². The van der Waals surface area contributed by atoms with E-state index in [9.17, 15) is 9.59 Å². The van der Waals surface area contributed by atoms with Crippen molar-refractivity contribution in [3.63, 3.8) is 0 Å². The maximum atomic E-state index is 12.4. The summed E-state index contributed by atoms with van der Waals surface area (Å²) in [5, 5.41) is 2.89. The normalized spacial score (nSPS) is 26.4. The Hall–Kier alpha value is -1.18. The van der Waals surface area contributed by atoms with E-state index in [0.29, 0.717) is 39.5 Å². The van der Waals surface area contributed by atoms with Crippen LogP contribution in [0.1, 0.15) is 19.3 Å². The number of carbonyl (C=O) groups is 2. The van der Waals surface area contributed by atoms with Gasteiger partial charge in [-0.3, -0.25) is 9.59 Å². The van der Waals surface area contributed by atoms with Crippen molar-refractivity contribution in [3.05, 3.63) is 0 Å². The Balaban J connectivity index is 1.97. The van der Waals surface area contributed by atoms with Gasteiger partial charge in [0.1, 0.15) is 6.61 Å². The van der Waals surface area contributed by atoms with Gasteiger partial charge in [-0.25, -0.2) is 0 Å². The quantitative estimate of drug-likeness (QED) is 0.711. The highest BCUT2D eigenvalue weighted by molar-refractivity contribution is 5.82. The van der Waals surface area contributed by atoms with E-state index in [1.165, 1.54) is 0 Å². The molecule has 0 aromatic heterocycles. The third-order valence-corrected chi connectivity index (χ3v) is 4.22. The number of nitrogens with one attached hydrogen (secondary N) is 1. The highest BCUT2D eigenvalue weighted by atomic mass is 16.5. The lowest BCUT2D eigenvalue weighted by atomic mass is 10.0. The summed E-state index contributed by atoms with van der Waals surface area (Å²) >= 11 is 0. The molecule has 1 saturated carbocycles. The first-order valence-electron chi connectivity index (χ1n) is 7.95. The summed E-state index contributed by atoms with van der Waals surface area (Å²) in [5.74, 6) is -0.155. The minimum atomic E-state index is -0.110. The topological polar surface area (TPSA) is 77.1 Å². The Kier molecular flexibility index (Phi) is 7.08. The predicted molar refractivity (Wildman–Crippen MR) is 79.4 cm³/mol. The van der Waals surface area contributed by atoms with Gasteiger partial charge in [0.15, 0.2) is 0 Å². The molecule has 1 aliphatic heterocycles. The van der Waals surface area contributed by atoms with Gasteiger partial charge >= 0.3 is 0 Å². The molecule has 2 amide bonds. The van der Waals surface area contributed by atoms with Crippen LogP contribution in [0.15, 0.2) is 0 Å². The molecular weight excluding hydrogens is 288 g/mol. The van der Waals surface area contributed by atoms with Gasteiger partial charge in [0.25, 0.3) is 0 Å². The molecule has 7 nitrogen and oxygen atoms in total. The van der Waals surface area contributed by atoms with Crippen LogP contribution >= 0.6 is 0 Å². The van der Waals surface area contributed by atoms with Crippen molar-refractivity contribution in [1.29, 1.82) is 0 Å². The first-order chi connectivity index (χ1) is 10.7. The number of ether oxygens (including phenoxy) is 3. The largest absolute Gasteiger partial charge is 0.382 e. The molecule has 2 fully saturated rings. The zero-order valence-corrected chi connectivity index (χ0v) is 13.2. The van der Waals surface area contributed by atoms with Crippen molar-refractivity contribution in [3.8, 4) is 0 Å². The van der Waals surface area contributed by atoms with E-state index in [1.54, 1.807) is 12.0 Å². The second kappa shape index (κ2) is 9.07. The molecule has 7 heteroatoms. The number of carbonyl (C=O) groups excluding carboxylic acids is 2. The molecule has 1 saturated heterocycles. The van der Waals surface area contributed by atoms with Crippen LogP contribution in [0.5, 0.6) is 0 Å². The molecule has 2 unspecified atom stereocenters. The van der Waals surface area contributed by atoms with E-state index >= 15 is 0 Å². The standard InChI is InChI=1S/C15H26N2O5/c1-20-9-10-22-11-14(18)17-6-8-21-7-5-16-15(19)12-3-2-4-13(12)17/h12-13H,2-11H2,1H3,(H,16,19). The fourth-order valence-corrected chi connectivity index (χ4v) is 3.12. The zero-order chi connectivity index (χ0) is 15.8. The van der Waals surface area contributed by atoms with Crippen molar-refractivity contribution in [1.82, 2.24) is 10.2 Å². The molecule has 1 heterocycles. The highest BCUT2D eigenvalue weighted by Gasteiger charge is 2.38. The monoisotopic (exact) mass is 314 g/mol. The maximum Gasteiger partial charge on any atom is 0.248 e. The van der Waals surface area contributed by atoms with E-state index in [-0.39, 0.29) is 30.4 Å². The molecule has 22 heavy (non-hydrogen) atoms. The smallest absolute Gasteiger partial charge is 0.248 e. The van der Waals surface area contributed by atoms with Crippen molar-refractivity contribution in [2.24, 2.45) is 5.92 Å². The molecule has 1 aliphatic carbocycles. The second-order valence-electron chi connectivity index (χ2n) is 5.64. The zero-order valence-electron chi connectivity index (χ0n) is 13.2. The van der Waals surface area contributed by atoms with Crippen LogP contribution < -0.4 is 5.32 Å². The van der Waals surface area contributed by atoms with E-state index in [0.717, 1.165) is 19.3 Å². The van der Waals surface area contributed by atoms with Crippen molar-refractivity contribution in [2.45, 2.75) is 25.3 Å². The van der Waals surface area contributed by atoms with Gasteiger partial charge in [-0.15, -0.1) is 0 Å². The third-order valence-electron chi connectivity index (χ3n) is 4.22. The molecule has 126 valence electrons. The molecule has 0 bridgehead atoms. The summed E-state index contributed by atoms with van der Waals surface area (Å²) in [4.78, 5) is 26.4. The van der Waals surface area contributed by atoms with Crippen molar-refractivity contribution in [2.75, 3.05) is 53.2 Å². The van der Waals surface area contributed by atoms with Gasteiger partial charge in [-0.1, -0.05) is 6.42 Å². The van der Waals surface area contributed by atoms with Crippen LogP contribution in [-0.4, -0.2) is 76.0 Å². The number of hydrogen-bond donors (Lipinski definition) is 1. The minimum Gasteiger partial charge on any atom is -0.382 e. The van der Waals surface area contributed by atoms with Gasteiger partial charge in [-0.2, -0.15) is 0 Å². The van der Waals surface area contributed by atoms with Crippen molar-refractivity contribution < 1.29 is 23.8 Å². The Bertz CT molecular complexity index is 377. The van der Waals surface area contributed by atoms with Crippen LogP contribution in [0.4, 0.5) is 0 Å². The van der Waals surface area contributed by atoms with Crippen LogP contribution in [0.25, 0.3) is 0 Å². The van der Waals surface area contributed by atoms with Gasteiger partial charge in [0.05, 0.1) is 32.3 Å². The summed E-state index contributed by atoms with van der Waals surface area (Å²) in [6.45, 7) is 2.90. The second-order valence-corrected chi connectivity index (χ2v) is 5.64. The SMILES string of the molecule is COCCOCC(=O)N1CCOCCNC(=O)C2CCCC21. The average molecular weight is 314 g/mol. The number of fused-ring (bicyclic) bond motifs is 1. The fraction of sp³-hybridized carbons (Fsp3) is 0.867. The summed E-state index contributed by atoms with van der Waals surface area (Å²) in [5.41, 5.74) is 0. The number of hydrogen-bond acceptors (Lipinski definition) is 5. The van der Waals surface area contributed by atoms with Gasteiger partial charge < -0.3 is 24.4 Å². The van der Waals surface area contributed by atoms with E-state index in [4.69, 9.17) is 14.2 Å². The summed E-state index contributed by atoms with van der Waals surface area (Å²) in [6, 6.07) is -0.0415. The Morgan fingerprint density at radius 2 is 2.23 bits per heavy atom. The molecule has 2 rings (SSSR count). The van der Waals surface area contributed by atoms with Crippen LogP contribution in [-0.2, 0) is 23.8 Å². The van der Waals surface area contributed by atoms with Gasteiger partial charge in [-0.05, 0) is 12.8 Å². The van der Waals surface area contributed by atoms with E-state index in [1.807, 2.05) is 0 Å². The Morgan fingerprint density at radius 3 is 3.05 bits per heavy atom. The molecule has 2 aliphatic rings. The van der Waals surface area contributed by atoms with E-state index in [2.05, 4.69) is 5.32 Å². The van der Waals surface area contributed by atoms with Crippen LogP contribution in [0.3, 0.4) is 0 Å². The van der Waals surface area contributed by atoms with Crippen molar-refractivity contribution >= 4 is 11.8 Å². The first kappa shape index (κ1) is 17.2. The number of amides is 2. The fourth-order valence-electron chi connectivity index (χ4n) is 3.12. The summed E-state index contributed by atoms with van der Waals surface area (Å²) in [6.07, 6.45) is 2.67. The predicted octanol–water partition coefficient (Wildman–Crippen LogP) is -0.207. The summed E-state index contributed by atoms with van der Waals surface area (Å²) in [7, 11) is 1.59. The molecule has 0 aromatic rings. The molecular formula is C15H26N2O5. The number of nitrogens with zero attached hydrogens (tertiary/aromatic N) is 1. The highest BCUT2D eigenvalue weighted by Crippen LogP contribution is 2.30. The van der Waals surface area contributed by atoms with Crippen LogP contribution in [0.2, 0.25) is 0 Å². The minimum absolute atomic E-state index is 0.0220. The number of rotatable bonds is 5. The Labute approximate surface area is 131 Å². The third kappa shape index (κ3) is 4.66. The lowest BCUT2D eigenvalue weighted by Gasteiger charge is -2.33. The molecule has 0 spiro atoms. The number of methoxy groups -OCH3 is 1. The molecule has 0 aromatic carbocycles. The molecule has 2 atom stereocenters. The molecule has 0 radical (unpaired) electrons. The van der Waals surface area contributed by atoms with E-state index < -0.39 is 0 Å². The maximum absolute atomic E-state index is 12.4. The average Bonchev–Trinajstić information content (AvgIpc) is 2.99. The lowest BCUT2D eigenvalue weighted by Crippen LogP contribution is -2.50. The van der Waals surface area contributed by atoms with Gasteiger partial charge in [0.2, 0.25) is 11.8 Å². The van der Waals surface area contributed by atoms with Gasteiger partial charge in [0, 0.05) is 26.2 Å². The first-order valence-corrected chi connectivity index (χ1v) is 7.95. The molecule has 1 N–H and O–H groups in total.